The number of ether oxygens (including phenoxy) is 3. The van der Waals surface area contributed by atoms with Gasteiger partial charge in [0.2, 0.25) is 0 Å². The first kappa shape index (κ1) is 19.4. The van der Waals surface area contributed by atoms with Gasteiger partial charge in [-0.15, -0.1) is 0 Å². The summed E-state index contributed by atoms with van der Waals surface area (Å²) in [6.45, 7) is 3.64. The van der Waals surface area contributed by atoms with Crippen molar-refractivity contribution in [3.8, 4) is 11.5 Å². The molecular formula is C19H24N2O5. The first-order chi connectivity index (χ1) is 12.4. The average molecular weight is 360 g/mol. The van der Waals surface area contributed by atoms with Gasteiger partial charge in [-0.2, -0.15) is 0 Å². The van der Waals surface area contributed by atoms with E-state index in [0.717, 1.165) is 0 Å². The number of nitrogens with zero attached hydrogens (tertiary/aromatic N) is 1. The fourth-order valence-corrected chi connectivity index (χ4v) is 2.83. The monoisotopic (exact) mass is 360 g/mol. The second kappa shape index (κ2) is 7.95. The number of esters is 1. The Kier molecular flexibility index (Phi) is 5.92. The van der Waals surface area contributed by atoms with Gasteiger partial charge in [-0.05, 0) is 31.0 Å². The van der Waals surface area contributed by atoms with E-state index in [9.17, 15) is 9.59 Å². The Morgan fingerprint density at radius 2 is 1.77 bits per heavy atom. The van der Waals surface area contributed by atoms with E-state index >= 15 is 0 Å². The van der Waals surface area contributed by atoms with Crippen LogP contribution < -0.4 is 14.4 Å². The van der Waals surface area contributed by atoms with Gasteiger partial charge in [0, 0.05) is 24.5 Å². The smallest absolute Gasteiger partial charge is 0.339 e. The molecular weight excluding hydrogens is 336 g/mol. The number of hydrogen-bond donors (Lipinski definition) is 1. The Labute approximate surface area is 152 Å². The zero-order chi connectivity index (χ0) is 19.4. The van der Waals surface area contributed by atoms with Gasteiger partial charge in [0.15, 0.2) is 11.5 Å². The second-order valence-electron chi connectivity index (χ2n) is 5.73. The van der Waals surface area contributed by atoms with Crippen LogP contribution in [0.15, 0.2) is 18.2 Å². The summed E-state index contributed by atoms with van der Waals surface area (Å²) in [6, 6.07) is 5.22. The van der Waals surface area contributed by atoms with Gasteiger partial charge in [-0.25, -0.2) is 4.79 Å². The van der Waals surface area contributed by atoms with E-state index in [1.54, 1.807) is 39.3 Å². The minimum absolute atomic E-state index is 0.264. The van der Waals surface area contributed by atoms with Crippen molar-refractivity contribution < 1.29 is 23.8 Å². The maximum absolute atomic E-state index is 13.0. The summed E-state index contributed by atoms with van der Waals surface area (Å²) in [4.78, 5) is 29.6. The molecule has 7 nitrogen and oxygen atoms in total. The van der Waals surface area contributed by atoms with E-state index in [0.29, 0.717) is 46.1 Å². The summed E-state index contributed by atoms with van der Waals surface area (Å²) in [6.07, 6.45) is 0.582. The van der Waals surface area contributed by atoms with Gasteiger partial charge < -0.3 is 24.1 Å². The fourth-order valence-electron chi connectivity index (χ4n) is 2.83. The standard InChI is InChI=1S/C19H24N2O5/c1-7-13-16(19(23)26-6)11(2)17(20-13)18(22)21(3)12-8-9-14(24-4)15(10-12)25-5/h8-10,20H,7H2,1-6H3. The molecule has 0 saturated carbocycles. The molecule has 0 aliphatic carbocycles. The number of nitrogens with one attached hydrogen (secondary N) is 1. The molecule has 0 radical (unpaired) electrons. The number of carbonyl (C=O) groups is 2. The quantitative estimate of drug-likeness (QED) is 0.801. The number of anilines is 1. The van der Waals surface area contributed by atoms with E-state index in [-0.39, 0.29) is 5.91 Å². The fraction of sp³-hybridized carbons (Fsp3) is 0.368. The molecule has 0 saturated heterocycles. The Hall–Kier alpha value is -2.96. The third kappa shape index (κ3) is 3.37. The molecule has 0 aliphatic heterocycles. The van der Waals surface area contributed by atoms with Crippen LogP contribution in [0.4, 0.5) is 5.69 Å². The number of amides is 1. The Morgan fingerprint density at radius 1 is 1.12 bits per heavy atom. The minimum atomic E-state index is -0.455. The van der Waals surface area contributed by atoms with Gasteiger partial charge in [-0.3, -0.25) is 4.79 Å². The molecule has 7 heteroatoms. The van der Waals surface area contributed by atoms with E-state index in [1.807, 2.05) is 6.92 Å². The Balaban J connectivity index is 2.43. The van der Waals surface area contributed by atoms with Gasteiger partial charge in [-0.1, -0.05) is 6.92 Å². The lowest BCUT2D eigenvalue weighted by molar-refractivity contribution is 0.0599. The third-order valence-corrected chi connectivity index (χ3v) is 4.34. The summed E-state index contributed by atoms with van der Waals surface area (Å²) in [5.74, 6) is 0.384. The summed E-state index contributed by atoms with van der Waals surface area (Å²) in [5, 5.41) is 0. The highest BCUT2D eigenvalue weighted by atomic mass is 16.5. The van der Waals surface area contributed by atoms with Crippen molar-refractivity contribution in [3.05, 3.63) is 40.7 Å². The summed E-state index contributed by atoms with van der Waals surface area (Å²) < 4.78 is 15.4. The predicted molar refractivity (Wildman–Crippen MR) is 98.5 cm³/mol. The molecule has 2 rings (SSSR count). The van der Waals surface area contributed by atoms with E-state index in [4.69, 9.17) is 14.2 Å². The van der Waals surface area contributed by atoms with Crippen LogP contribution in [0.3, 0.4) is 0 Å². The maximum Gasteiger partial charge on any atom is 0.339 e. The normalized spacial score (nSPS) is 10.4. The molecule has 0 atom stereocenters. The number of aromatic amines is 1. The van der Waals surface area contributed by atoms with Crippen molar-refractivity contribution in [1.29, 1.82) is 0 Å². The van der Waals surface area contributed by atoms with Crippen molar-refractivity contribution in [3.63, 3.8) is 0 Å². The highest BCUT2D eigenvalue weighted by molar-refractivity contribution is 6.08. The molecule has 1 amide bonds. The first-order valence-corrected chi connectivity index (χ1v) is 8.19. The van der Waals surface area contributed by atoms with Gasteiger partial charge >= 0.3 is 5.97 Å². The highest BCUT2D eigenvalue weighted by Gasteiger charge is 2.26. The van der Waals surface area contributed by atoms with Crippen LogP contribution in [-0.2, 0) is 11.2 Å². The number of methoxy groups -OCH3 is 3. The van der Waals surface area contributed by atoms with Gasteiger partial charge in [0.25, 0.3) is 5.91 Å². The molecule has 140 valence electrons. The van der Waals surface area contributed by atoms with Crippen molar-refractivity contribution >= 4 is 17.6 Å². The molecule has 1 aromatic carbocycles. The molecule has 0 aliphatic rings. The van der Waals surface area contributed by atoms with Crippen LogP contribution in [-0.4, -0.2) is 45.2 Å². The molecule has 2 aromatic rings. The molecule has 0 unspecified atom stereocenters. The number of aromatic nitrogens is 1. The SMILES string of the molecule is CCc1[nH]c(C(=O)N(C)c2ccc(OC)c(OC)c2)c(C)c1C(=O)OC. The zero-order valence-corrected chi connectivity index (χ0v) is 15.9. The third-order valence-electron chi connectivity index (χ3n) is 4.34. The summed E-state index contributed by atoms with van der Waals surface area (Å²) in [7, 11) is 6.07. The van der Waals surface area contributed by atoms with Gasteiger partial charge in [0.1, 0.15) is 5.69 Å². The number of hydrogen-bond acceptors (Lipinski definition) is 5. The molecule has 0 bridgehead atoms. The Bertz CT molecular complexity index is 826. The number of H-pyrrole nitrogens is 1. The first-order valence-electron chi connectivity index (χ1n) is 8.19. The molecule has 1 N–H and O–H groups in total. The minimum Gasteiger partial charge on any atom is -0.493 e. The molecule has 0 spiro atoms. The van der Waals surface area contributed by atoms with Crippen LogP contribution in [0.1, 0.15) is 39.0 Å². The van der Waals surface area contributed by atoms with Crippen LogP contribution in [0, 0.1) is 6.92 Å². The Morgan fingerprint density at radius 3 is 2.31 bits per heavy atom. The maximum atomic E-state index is 13.0. The van der Waals surface area contributed by atoms with Crippen LogP contribution in [0.2, 0.25) is 0 Å². The summed E-state index contributed by atoms with van der Waals surface area (Å²) in [5.41, 5.74) is 2.67. The topological polar surface area (TPSA) is 80.9 Å². The highest BCUT2D eigenvalue weighted by Crippen LogP contribution is 2.32. The van der Waals surface area contributed by atoms with Gasteiger partial charge in [0.05, 0.1) is 26.9 Å². The van der Waals surface area contributed by atoms with Crippen molar-refractivity contribution in [2.24, 2.45) is 0 Å². The largest absolute Gasteiger partial charge is 0.493 e. The van der Waals surface area contributed by atoms with Crippen molar-refractivity contribution in [2.75, 3.05) is 33.3 Å². The summed E-state index contributed by atoms with van der Waals surface area (Å²) >= 11 is 0. The van der Waals surface area contributed by atoms with E-state index < -0.39 is 5.97 Å². The van der Waals surface area contributed by atoms with Crippen LogP contribution in [0.5, 0.6) is 11.5 Å². The van der Waals surface area contributed by atoms with Crippen molar-refractivity contribution in [1.82, 2.24) is 4.98 Å². The van der Waals surface area contributed by atoms with E-state index in [2.05, 4.69) is 4.98 Å². The van der Waals surface area contributed by atoms with Crippen molar-refractivity contribution in [2.45, 2.75) is 20.3 Å². The number of aryl methyl sites for hydroxylation is 1. The van der Waals surface area contributed by atoms with E-state index in [1.165, 1.54) is 19.1 Å². The lowest BCUT2D eigenvalue weighted by atomic mass is 10.1. The number of rotatable bonds is 6. The zero-order valence-electron chi connectivity index (χ0n) is 15.9. The molecule has 1 heterocycles. The lowest BCUT2D eigenvalue weighted by Crippen LogP contribution is -2.27. The lowest BCUT2D eigenvalue weighted by Gasteiger charge is -2.19. The molecule has 0 fully saturated rings. The number of carbonyl (C=O) groups excluding carboxylic acids is 2. The van der Waals surface area contributed by atoms with Crippen LogP contribution >= 0.6 is 0 Å². The average Bonchev–Trinajstić information content (AvgIpc) is 3.01. The number of benzene rings is 1. The molecule has 1 aromatic heterocycles. The van der Waals surface area contributed by atoms with Crippen LogP contribution in [0.25, 0.3) is 0 Å². The predicted octanol–water partition coefficient (Wildman–Crippen LogP) is 2.97. The second-order valence-corrected chi connectivity index (χ2v) is 5.73. The molecule has 26 heavy (non-hydrogen) atoms.